The highest BCUT2D eigenvalue weighted by Gasteiger charge is 2.41. The number of methoxy groups -OCH3 is 1. The Labute approximate surface area is 158 Å². The molecule has 2 aromatic carbocycles. The number of aliphatic hydroxyl groups is 1. The first-order valence-corrected chi connectivity index (χ1v) is 8.92. The van der Waals surface area contributed by atoms with Crippen LogP contribution in [-0.4, -0.2) is 36.4 Å². The van der Waals surface area contributed by atoms with E-state index in [1.165, 1.54) is 7.11 Å². The normalized spacial score (nSPS) is 14.3. The van der Waals surface area contributed by atoms with Crippen molar-refractivity contribution in [2.24, 2.45) is 0 Å². The summed E-state index contributed by atoms with van der Waals surface area (Å²) in [5.74, 6) is -2.43. The van der Waals surface area contributed by atoms with Gasteiger partial charge in [0.2, 0.25) is 0 Å². The smallest absolute Gasteiger partial charge is 0.272 e. The summed E-state index contributed by atoms with van der Waals surface area (Å²) in [6.07, 6.45) is 0. The van der Waals surface area contributed by atoms with Crippen molar-refractivity contribution < 1.29 is 28.2 Å². The number of amides is 2. The van der Waals surface area contributed by atoms with Crippen LogP contribution < -0.4 is 9.64 Å². The number of imide groups is 1. The Balaban J connectivity index is 2.09. The average molecular weight is 391 g/mol. The van der Waals surface area contributed by atoms with Crippen LogP contribution in [0.15, 0.2) is 47.4 Å². The van der Waals surface area contributed by atoms with Crippen molar-refractivity contribution in [3.8, 4) is 5.75 Å². The van der Waals surface area contributed by atoms with Gasteiger partial charge in [0, 0.05) is 11.8 Å². The zero-order valence-corrected chi connectivity index (χ0v) is 15.1. The Morgan fingerprint density at radius 3 is 2.41 bits per heavy atom. The van der Waals surface area contributed by atoms with Crippen LogP contribution in [0, 0.1) is 11.6 Å². The first kappa shape index (κ1) is 19.1. The van der Waals surface area contributed by atoms with Gasteiger partial charge in [0.05, 0.1) is 29.9 Å². The van der Waals surface area contributed by atoms with E-state index in [2.05, 4.69) is 0 Å². The molecule has 0 saturated heterocycles. The molecule has 0 aliphatic carbocycles. The number of hydrogen-bond acceptors (Lipinski definition) is 5. The molecule has 0 fully saturated rings. The van der Waals surface area contributed by atoms with Crippen molar-refractivity contribution in [3.05, 3.63) is 64.6 Å². The van der Waals surface area contributed by atoms with E-state index >= 15 is 0 Å². The van der Waals surface area contributed by atoms with Crippen molar-refractivity contribution in [3.63, 3.8) is 0 Å². The van der Waals surface area contributed by atoms with Gasteiger partial charge in [-0.3, -0.25) is 9.59 Å². The summed E-state index contributed by atoms with van der Waals surface area (Å²) in [6, 6.07) is 9.02. The molecule has 3 rings (SSSR count). The van der Waals surface area contributed by atoms with Crippen LogP contribution in [0.3, 0.4) is 0 Å². The fourth-order valence-corrected chi connectivity index (χ4v) is 3.54. The number of halogens is 2. The Morgan fingerprint density at radius 1 is 1.07 bits per heavy atom. The molecule has 0 radical (unpaired) electrons. The predicted molar refractivity (Wildman–Crippen MR) is 98.3 cm³/mol. The van der Waals surface area contributed by atoms with Crippen molar-refractivity contribution >= 4 is 34.8 Å². The van der Waals surface area contributed by atoms with Gasteiger partial charge in [-0.2, -0.15) is 0 Å². The molecule has 1 aliphatic heterocycles. The Kier molecular flexibility index (Phi) is 5.57. The Morgan fingerprint density at radius 2 is 1.78 bits per heavy atom. The molecule has 0 bridgehead atoms. The van der Waals surface area contributed by atoms with Gasteiger partial charge in [-0.15, -0.1) is 11.8 Å². The van der Waals surface area contributed by atoms with Gasteiger partial charge in [-0.1, -0.05) is 12.1 Å². The zero-order valence-electron chi connectivity index (χ0n) is 14.2. The van der Waals surface area contributed by atoms with Crippen LogP contribution in [0.5, 0.6) is 5.75 Å². The summed E-state index contributed by atoms with van der Waals surface area (Å²) >= 11 is 0.987. The zero-order chi connectivity index (χ0) is 19.6. The molecule has 1 aliphatic rings. The maximum absolute atomic E-state index is 14.2. The van der Waals surface area contributed by atoms with Gasteiger partial charge in [0.15, 0.2) is 0 Å². The van der Waals surface area contributed by atoms with E-state index in [1.54, 1.807) is 24.3 Å². The molecule has 2 amide bonds. The summed E-state index contributed by atoms with van der Waals surface area (Å²) in [7, 11) is 1.50. The molecule has 0 aromatic heterocycles. The quantitative estimate of drug-likeness (QED) is 0.767. The lowest BCUT2D eigenvalue weighted by molar-refractivity contribution is -0.119. The van der Waals surface area contributed by atoms with Crippen LogP contribution in [-0.2, 0) is 9.59 Å². The highest BCUT2D eigenvalue weighted by atomic mass is 32.2. The van der Waals surface area contributed by atoms with Crippen LogP contribution >= 0.6 is 11.8 Å². The first-order valence-electron chi connectivity index (χ1n) is 7.94. The molecule has 0 atom stereocenters. The first-order chi connectivity index (χ1) is 13.0. The number of carbonyl (C=O) groups excluding carboxylic acids is 2. The van der Waals surface area contributed by atoms with E-state index in [4.69, 9.17) is 9.84 Å². The minimum absolute atomic E-state index is 0.0721. The van der Waals surface area contributed by atoms with Gasteiger partial charge < -0.3 is 9.84 Å². The molecule has 27 heavy (non-hydrogen) atoms. The van der Waals surface area contributed by atoms with Gasteiger partial charge in [-0.25, -0.2) is 13.7 Å². The third-order valence-electron chi connectivity index (χ3n) is 3.91. The summed E-state index contributed by atoms with van der Waals surface area (Å²) in [6.45, 7) is -0.208. The monoisotopic (exact) mass is 391 g/mol. The van der Waals surface area contributed by atoms with Crippen molar-refractivity contribution in [2.75, 3.05) is 24.4 Å². The number of nitrogens with zero attached hydrogens (tertiary/aromatic N) is 1. The maximum Gasteiger partial charge on any atom is 0.272 e. The second-order valence-electron chi connectivity index (χ2n) is 5.55. The largest absolute Gasteiger partial charge is 0.497 e. The SMILES string of the molecule is COc1ccc(C2=C(SCCO)C(=O)N(c3cc(F)ccc3F)C2=O)cc1. The molecule has 140 valence electrons. The Bertz CT molecular complexity index is 928. The number of ether oxygens (including phenoxy) is 1. The second-order valence-corrected chi connectivity index (χ2v) is 6.65. The van der Waals surface area contributed by atoms with Crippen molar-refractivity contribution in [1.82, 2.24) is 0 Å². The lowest BCUT2D eigenvalue weighted by atomic mass is 10.1. The highest BCUT2D eigenvalue weighted by molar-refractivity contribution is 8.04. The summed E-state index contributed by atoms with van der Waals surface area (Å²) in [5, 5.41) is 9.09. The molecular weight excluding hydrogens is 376 g/mol. The summed E-state index contributed by atoms with van der Waals surface area (Å²) in [5.41, 5.74) is 0.0641. The van der Waals surface area contributed by atoms with E-state index in [0.717, 1.165) is 30.0 Å². The third kappa shape index (κ3) is 3.58. The number of rotatable bonds is 6. The van der Waals surface area contributed by atoms with E-state index in [9.17, 15) is 18.4 Å². The van der Waals surface area contributed by atoms with E-state index in [1.807, 2.05) is 0 Å². The Hall–Kier alpha value is -2.71. The number of anilines is 1. The second kappa shape index (κ2) is 7.89. The maximum atomic E-state index is 14.2. The van der Waals surface area contributed by atoms with Gasteiger partial charge in [-0.05, 0) is 29.8 Å². The van der Waals surface area contributed by atoms with E-state index in [-0.39, 0.29) is 22.8 Å². The molecule has 0 spiro atoms. The fraction of sp³-hybridized carbons (Fsp3) is 0.158. The van der Waals surface area contributed by atoms with Crippen LogP contribution in [0.2, 0.25) is 0 Å². The lowest BCUT2D eigenvalue weighted by Crippen LogP contribution is -2.32. The molecule has 0 unspecified atom stereocenters. The molecule has 1 N–H and O–H groups in total. The van der Waals surface area contributed by atoms with E-state index < -0.39 is 29.1 Å². The van der Waals surface area contributed by atoms with Crippen molar-refractivity contribution in [2.45, 2.75) is 0 Å². The van der Waals surface area contributed by atoms with E-state index in [0.29, 0.717) is 16.2 Å². The number of aliphatic hydroxyl groups excluding tert-OH is 1. The number of hydrogen-bond donors (Lipinski definition) is 1. The number of benzene rings is 2. The van der Waals surface area contributed by atoms with Gasteiger partial charge >= 0.3 is 0 Å². The highest BCUT2D eigenvalue weighted by Crippen LogP contribution is 2.39. The molecule has 8 heteroatoms. The number of thioether (sulfide) groups is 1. The van der Waals surface area contributed by atoms with Gasteiger partial charge in [0.25, 0.3) is 11.8 Å². The number of carbonyl (C=O) groups is 2. The van der Waals surface area contributed by atoms with Gasteiger partial charge in [0.1, 0.15) is 17.4 Å². The van der Waals surface area contributed by atoms with Crippen LogP contribution in [0.1, 0.15) is 5.56 Å². The summed E-state index contributed by atoms with van der Waals surface area (Å²) in [4.78, 5) is 26.5. The molecule has 2 aromatic rings. The molecule has 0 saturated carbocycles. The predicted octanol–water partition coefficient (Wildman–Crippen LogP) is 2.98. The topological polar surface area (TPSA) is 66.8 Å². The molecule has 5 nitrogen and oxygen atoms in total. The van der Waals surface area contributed by atoms with Crippen LogP contribution in [0.4, 0.5) is 14.5 Å². The lowest BCUT2D eigenvalue weighted by Gasteiger charge is -2.16. The average Bonchev–Trinajstić information content (AvgIpc) is 2.92. The molecular formula is C19H15F2NO4S. The van der Waals surface area contributed by atoms with Crippen LogP contribution in [0.25, 0.3) is 5.57 Å². The minimum atomic E-state index is -0.888. The molecule has 1 heterocycles. The third-order valence-corrected chi connectivity index (χ3v) is 4.96. The fourth-order valence-electron chi connectivity index (χ4n) is 2.68. The standard InChI is InChI=1S/C19H15F2NO4S/c1-26-13-5-2-11(3-6-13)16-17(27-9-8-23)19(25)22(18(16)24)15-10-12(20)4-7-14(15)21/h2-7,10,23H,8-9H2,1H3. The van der Waals surface area contributed by atoms with Crippen molar-refractivity contribution in [1.29, 1.82) is 0 Å². The minimum Gasteiger partial charge on any atom is -0.497 e. The summed E-state index contributed by atoms with van der Waals surface area (Å²) < 4.78 is 32.8.